The first-order chi connectivity index (χ1) is 8.10. The molecule has 0 saturated heterocycles. The molecular formula is C12H19NO4. The Morgan fingerprint density at radius 3 is 2.24 bits per heavy atom. The highest BCUT2D eigenvalue weighted by Gasteiger charge is 2.31. The van der Waals surface area contributed by atoms with E-state index in [0.717, 1.165) is 6.29 Å². The fraction of sp³-hybridized carbons (Fsp3) is 0.750. The van der Waals surface area contributed by atoms with Crippen LogP contribution in [0.15, 0.2) is 0 Å². The van der Waals surface area contributed by atoms with Crippen LogP contribution in [0.4, 0.5) is 0 Å². The predicted molar refractivity (Wildman–Crippen MR) is 61.2 cm³/mol. The first-order valence-electron chi connectivity index (χ1n) is 5.86. The molecule has 5 nitrogen and oxygen atoms in total. The topological polar surface area (TPSA) is 63.7 Å². The van der Waals surface area contributed by atoms with Gasteiger partial charge in [-0.15, -0.1) is 0 Å². The Morgan fingerprint density at radius 1 is 1.24 bits per heavy atom. The van der Waals surface area contributed by atoms with Crippen LogP contribution in [0.25, 0.3) is 0 Å². The Bertz CT molecular complexity index is 295. The van der Waals surface area contributed by atoms with Crippen molar-refractivity contribution in [1.82, 2.24) is 4.90 Å². The van der Waals surface area contributed by atoms with Crippen molar-refractivity contribution < 1.29 is 19.1 Å². The molecule has 17 heavy (non-hydrogen) atoms. The average molecular weight is 241 g/mol. The van der Waals surface area contributed by atoms with Gasteiger partial charge in [0.15, 0.2) is 0 Å². The van der Waals surface area contributed by atoms with Gasteiger partial charge in [-0.1, -0.05) is 0 Å². The van der Waals surface area contributed by atoms with Gasteiger partial charge in [-0.3, -0.25) is 9.59 Å². The summed E-state index contributed by atoms with van der Waals surface area (Å²) in [5.74, 6) is -0.307. The molecule has 1 amide bonds. The molecule has 96 valence electrons. The van der Waals surface area contributed by atoms with Crippen LogP contribution in [0, 0.1) is 11.8 Å². The summed E-state index contributed by atoms with van der Waals surface area (Å²) in [5.41, 5.74) is 0. The summed E-state index contributed by atoms with van der Waals surface area (Å²) in [6, 6.07) is 0. The third-order valence-electron chi connectivity index (χ3n) is 3.34. The second-order valence-electron chi connectivity index (χ2n) is 4.46. The molecule has 1 aliphatic carbocycles. The highest BCUT2D eigenvalue weighted by molar-refractivity contribution is 5.81. The zero-order valence-electron chi connectivity index (χ0n) is 10.3. The van der Waals surface area contributed by atoms with Gasteiger partial charge in [-0.05, 0) is 25.7 Å². The molecule has 1 aliphatic rings. The number of methoxy groups -OCH3 is 1. The van der Waals surface area contributed by atoms with Crippen LogP contribution in [0.3, 0.4) is 0 Å². The van der Waals surface area contributed by atoms with E-state index in [-0.39, 0.29) is 30.3 Å². The molecule has 1 fully saturated rings. The van der Waals surface area contributed by atoms with Gasteiger partial charge in [0.1, 0.15) is 6.29 Å². The molecule has 0 heterocycles. The van der Waals surface area contributed by atoms with Gasteiger partial charge >= 0.3 is 5.97 Å². The minimum Gasteiger partial charge on any atom is -0.469 e. The monoisotopic (exact) mass is 241 g/mol. The second-order valence-corrected chi connectivity index (χ2v) is 4.46. The normalized spacial score (nSPS) is 23.9. The van der Waals surface area contributed by atoms with Crippen LogP contribution in [-0.4, -0.2) is 43.8 Å². The Labute approximate surface area is 101 Å². The van der Waals surface area contributed by atoms with E-state index in [0.29, 0.717) is 25.7 Å². The van der Waals surface area contributed by atoms with Gasteiger partial charge in [0, 0.05) is 13.0 Å². The molecule has 0 unspecified atom stereocenters. The highest BCUT2D eigenvalue weighted by Crippen LogP contribution is 2.30. The lowest BCUT2D eigenvalue weighted by atomic mass is 9.81. The number of hydrogen-bond donors (Lipinski definition) is 0. The Hall–Kier alpha value is -1.39. The van der Waals surface area contributed by atoms with E-state index in [1.54, 1.807) is 7.05 Å². The first kappa shape index (κ1) is 13.7. The fourth-order valence-electron chi connectivity index (χ4n) is 2.26. The number of carbonyl (C=O) groups excluding carboxylic acids is 3. The SMILES string of the molecule is COC(=O)[C@H]1CC[C@H](C(=O)N(C)CC=O)CC1. The van der Waals surface area contributed by atoms with Crippen molar-refractivity contribution >= 4 is 18.2 Å². The van der Waals surface area contributed by atoms with Crippen molar-refractivity contribution in [1.29, 1.82) is 0 Å². The van der Waals surface area contributed by atoms with Gasteiger partial charge in [-0.2, -0.15) is 0 Å². The molecular weight excluding hydrogens is 222 g/mol. The molecule has 0 aromatic rings. The number of ether oxygens (including phenoxy) is 1. The Morgan fingerprint density at radius 2 is 1.76 bits per heavy atom. The molecule has 1 rings (SSSR count). The third-order valence-corrected chi connectivity index (χ3v) is 3.34. The van der Waals surface area contributed by atoms with Crippen LogP contribution in [0.2, 0.25) is 0 Å². The molecule has 5 heteroatoms. The molecule has 0 N–H and O–H groups in total. The molecule has 0 atom stereocenters. The summed E-state index contributed by atoms with van der Waals surface area (Å²) in [6.45, 7) is 0.135. The van der Waals surface area contributed by atoms with Gasteiger partial charge in [0.05, 0.1) is 19.6 Å². The first-order valence-corrected chi connectivity index (χ1v) is 5.86. The second kappa shape index (κ2) is 6.37. The minimum absolute atomic E-state index is 0.000385. The van der Waals surface area contributed by atoms with E-state index < -0.39 is 0 Å². The van der Waals surface area contributed by atoms with E-state index in [1.165, 1.54) is 12.0 Å². The Balaban J connectivity index is 2.43. The maximum absolute atomic E-state index is 11.9. The number of aldehydes is 1. The van der Waals surface area contributed by atoms with E-state index in [1.807, 2.05) is 0 Å². The maximum atomic E-state index is 11.9. The maximum Gasteiger partial charge on any atom is 0.308 e. The number of esters is 1. The summed E-state index contributed by atoms with van der Waals surface area (Å²) in [5, 5.41) is 0. The number of hydrogen-bond acceptors (Lipinski definition) is 4. The molecule has 0 radical (unpaired) electrons. The third kappa shape index (κ3) is 3.54. The Kier molecular flexibility index (Phi) is 5.12. The predicted octanol–water partition coefficient (Wildman–Crippen LogP) is 0.623. The molecule has 0 aliphatic heterocycles. The van der Waals surface area contributed by atoms with Crippen LogP contribution in [0.1, 0.15) is 25.7 Å². The van der Waals surface area contributed by atoms with Crippen LogP contribution >= 0.6 is 0 Å². The van der Waals surface area contributed by atoms with E-state index in [4.69, 9.17) is 4.74 Å². The zero-order valence-corrected chi connectivity index (χ0v) is 10.3. The summed E-state index contributed by atoms with van der Waals surface area (Å²) < 4.78 is 4.69. The summed E-state index contributed by atoms with van der Waals surface area (Å²) in [4.78, 5) is 35.0. The van der Waals surface area contributed by atoms with Crippen molar-refractivity contribution in [3.63, 3.8) is 0 Å². The van der Waals surface area contributed by atoms with Crippen molar-refractivity contribution in [2.45, 2.75) is 25.7 Å². The van der Waals surface area contributed by atoms with Crippen molar-refractivity contribution in [2.24, 2.45) is 11.8 Å². The van der Waals surface area contributed by atoms with Crippen molar-refractivity contribution in [3.8, 4) is 0 Å². The van der Waals surface area contributed by atoms with Crippen LogP contribution in [0.5, 0.6) is 0 Å². The van der Waals surface area contributed by atoms with E-state index in [9.17, 15) is 14.4 Å². The minimum atomic E-state index is -0.183. The lowest BCUT2D eigenvalue weighted by Crippen LogP contribution is -2.36. The smallest absolute Gasteiger partial charge is 0.308 e. The molecule has 1 saturated carbocycles. The van der Waals surface area contributed by atoms with E-state index >= 15 is 0 Å². The zero-order chi connectivity index (χ0) is 12.8. The van der Waals surface area contributed by atoms with Gasteiger partial charge in [0.2, 0.25) is 5.91 Å². The standard InChI is InChI=1S/C12H19NO4/c1-13(7-8-14)11(15)9-3-5-10(6-4-9)12(16)17-2/h8-10H,3-7H2,1-2H3/t9-,10-. The number of rotatable bonds is 4. The van der Waals surface area contributed by atoms with Gasteiger partial charge < -0.3 is 14.4 Å². The van der Waals surface area contributed by atoms with Crippen molar-refractivity contribution in [2.75, 3.05) is 20.7 Å². The number of likely N-dealkylation sites (N-methyl/N-ethyl adjacent to an activating group) is 1. The lowest BCUT2D eigenvalue weighted by molar-refractivity contribution is -0.148. The lowest BCUT2D eigenvalue weighted by Gasteiger charge is -2.28. The van der Waals surface area contributed by atoms with Gasteiger partial charge in [0.25, 0.3) is 0 Å². The number of nitrogens with zero attached hydrogens (tertiary/aromatic N) is 1. The van der Waals surface area contributed by atoms with Crippen LogP contribution < -0.4 is 0 Å². The molecule has 0 spiro atoms. The largest absolute Gasteiger partial charge is 0.469 e. The molecule has 0 aromatic heterocycles. The fourth-order valence-corrected chi connectivity index (χ4v) is 2.26. The number of amides is 1. The average Bonchev–Trinajstić information content (AvgIpc) is 2.37. The summed E-state index contributed by atoms with van der Waals surface area (Å²) in [6.07, 6.45) is 3.50. The summed E-state index contributed by atoms with van der Waals surface area (Å²) in [7, 11) is 3.01. The highest BCUT2D eigenvalue weighted by atomic mass is 16.5. The van der Waals surface area contributed by atoms with Gasteiger partial charge in [-0.25, -0.2) is 0 Å². The molecule has 0 bridgehead atoms. The quantitative estimate of drug-likeness (QED) is 0.535. The molecule has 0 aromatic carbocycles. The van der Waals surface area contributed by atoms with Crippen LogP contribution in [-0.2, 0) is 19.1 Å². The van der Waals surface area contributed by atoms with E-state index in [2.05, 4.69) is 0 Å². The number of carbonyl (C=O) groups is 3. The van der Waals surface area contributed by atoms with Crippen molar-refractivity contribution in [3.05, 3.63) is 0 Å². The summed E-state index contributed by atoms with van der Waals surface area (Å²) >= 11 is 0.